The maximum absolute atomic E-state index is 12.9. The Morgan fingerprint density at radius 2 is 1.57 bits per heavy atom. The van der Waals surface area contributed by atoms with E-state index in [4.69, 9.17) is 14.8 Å². The van der Waals surface area contributed by atoms with Gasteiger partial charge in [-0.1, -0.05) is 12.1 Å². The van der Waals surface area contributed by atoms with Crippen molar-refractivity contribution >= 4 is 25.1 Å². The number of anilines is 1. The largest absolute Gasteiger partial charge is 0.424 e. The topological polar surface area (TPSA) is 98.9 Å². The van der Waals surface area contributed by atoms with Gasteiger partial charge in [0.15, 0.2) is 0 Å². The SMILES string of the molecule is CCOP(=O)(CCCCN1C(=O)c2ccccc2C1=O)Oc1ccc(N)cc1. The van der Waals surface area contributed by atoms with Crippen LogP contribution in [0.4, 0.5) is 5.69 Å². The zero-order chi connectivity index (χ0) is 20.1. The molecule has 1 unspecified atom stereocenters. The van der Waals surface area contributed by atoms with E-state index in [0.29, 0.717) is 35.4 Å². The molecule has 0 spiro atoms. The second-order valence-electron chi connectivity index (χ2n) is 6.43. The minimum Gasteiger partial charge on any atom is -0.424 e. The van der Waals surface area contributed by atoms with Gasteiger partial charge in [0.25, 0.3) is 11.8 Å². The van der Waals surface area contributed by atoms with Crippen LogP contribution in [0.15, 0.2) is 48.5 Å². The average Bonchev–Trinajstić information content (AvgIpc) is 2.92. The first-order valence-corrected chi connectivity index (χ1v) is 10.9. The molecule has 2 aromatic rings. The Bertz CT molecular complexity index is 878. The summed E-state index contributed by atoms with van der Waals surface area (Å²) >= 11 is 0. The summed E-state index contributed by atoms with van der Waals surface area (Å²) in [6.07, 6.45) is 1.18. The van der Waals surface area contributed by atoms with Crippen LogP contribution in [0.25, 0.3) is 0 Å². The molecule has 2 amide bonds. The van der Waals surface area contributed by atoms with Gasteiger partial charge in [-0.3, -0.25) is 14.5 Å². The van der Waals surface area contributed by atoms with Crippen molar-refractivity contribution in [3.8, 4) is 5.75 Å². The molecule has 2 aromatic carbocycles. The molecule has 8 heteroatoms. The van der Waals surface area contributed by atoms with Gasteiger partial charge in [-0.15, -0.1) is 0 Å². The molecule has 2 N–H and O–H groups in total. The summed E-state index contributed by atoms with van der Waals surface area (Å²) in [5, 5.41) is 0. The average molecular weight is 402 g/mol. The molecule has 0 saturated heterocycles. The van der Waals surface area contributed by atoms with Gasteiger partial charge in [0, 0.05) is 12.2 Å². The Morgan fingerprint density at radius 3 is 2.14 bits per heavy atom. The first kappa shape index (κ1) is 20.1. The maximum Gasteiger partial charge on any atom is 0.379 e. The first-order valence-electron chi connectivity index (χ1n) is 9.17. The highest BCUT2D eigenvalue weighted by molar-refractivity contribution is 7.54. The van der Waals surface area contributed by atoms with E-state index < -0.39 is 7.60 Å². The predicted octanol–water partition coefficient (Wildman–Crippen LogP) is 3.95. The van der Waals surface area contributed by atoms with E-state index in [1.807, 2.05) is 0 Å². The van der Waals surface area contributed by atoms with Crippen molar-refractivity contribution in [2.45, 2.75) is 19.8 Å². The highest BCUT2D eigenvalue weighted by Crippen LogP contribution is 2.49. The summed E-state index contributed by atoms with van der Waals surface area (Å²) in [5.74, 6) is -0.148. The lowest BCUT2D eigenvalue weighted by Gasteiger charge is -2.19. The van der Waals surface area contributed by atoms with E-state index >= 15 is 0 Å². The number of nitrogens with zero attached hydrogens (tertiary/aromatic N) is 1. The number of fused-ring (bicyclic) bond motifs is 1. The molecule has 0 saturated carbocycles. The van der Waals surface area contributed by atoms with Crippen molar-refractivity contribution in [1.82, 2.24) is 4.90 Å². The zero-order valence-corrected chi connectivity index (χ0v) is 16.6. The fourth-order valence-electron chi connectivity index (χ4n) is 3.04. The van der Waals surface area contributed by atoms with E-state index in [2.05, 4.69) is 0 Å². The van der Waals surface area contributed by atoms with E-state index in [1.165, 1.54) is 4.90 Å². The molecule has 1 aliphatic rings. The number of amides is 2. The fourth-order valence-corrected chi connectivity index (χ4v) is 4.76. The van der Waals surface area contributed by atoms with Gasteiger partial charge in [0.05, 0.1) is 23.9 Å². The number of hydrogen-bond acceptors (Lipinski definition) is 6. The van der Waals surface area contributed by atoms with Crippen molar-refractivity contribution in [1.29, 1.82) is 0 Å². The number of carbonyl (C=O) groups is 2. The number of imide groups is 1. The third-order valence-electron chi connectivity index (χ3n) is 4.39. The van der Waals surface area contributed by atoms with Crippen LogP contribution >= 0.6 is 7.60 Å². The summed E-state index contributed by atoms with van der Waals surface area (Å²) in [6.45, 7) is 2.27. The van der Waals surface area contributed by atoms with Crippen molar-refractivity contribution in [2.75, 3.05) is 25.0 Å². The van der Waals surface area contributed by atoms with Crippen molar-refractivity contribution in [3.63, 3.8) is 0 Å². The van der Waals surface area contributed by atoms with E-state index in [1.54, 1.807) is 55.5 Å². The zero-order valence-electron chi connectivity index (χ0n) is 15.7. The Hall–Kier alpha value is -2.63. The van der Waals surface area contributed by atoms with E-state index in [-0.39, 0.29) is 31.1 Å². The van der Waals surface area contributed by atoms with Gasteiger partial charge in [-0.05, 0) is 56.2 Å². The van der Waals surface area contributed by atoms with Crippen LogP contribution in [0.3, 0.4) is 0 Å². The summed E-state index contributed by atoms with van der Waals surface area (Å²) in [5.41, 5.74) is 7.09. The smallest absolute Gasteiger partial charge is 0.379 e. The summed E-state index contributed by atoms with van der Waals surface area (Å²) < 4.78 is 23.9. The molecule has 1 aliphatic heterocycles. The van der Waals surface area contributed by atoms with Gasteiger partial charge in [-0.25, -0.2) is 4.57 Å². The summed E-state index contributed by atoms with van der Waals surface area (Å²) in [6, 6.07) is 13.4. The van der Waals surface area contributed by atoms with Crippen LogP contribution in [0.5, 0.6) is 5.75 Å². The van der Waals surface area contributed by atoms with Crippen molar-refractivity contribution in [3.05, 3.63) is 59.7 Å². The number of carbonyl (C=O) groups excluding carboxylic acids is 2. The number of rotatable bonds is 9. The van der Waals surface area contributed by atoms with E-state index in [0.717, 1.165) is 0 Å². The number of nitrogen functional groups attached to an aromatic ring is 1. The lowest BCUT2D eigenvalue weighted by atomic mass is 10.1. The normalized spacial score (nSPS) is 15.4. The minimum absolute atomic E-state index is 0.189. The van der Waals surface area contributed by atoms with Crippen LogP contribution < -0.4 is 10.3 Å². The molecule has 0 aliphatic carbocycles. The van der Waals surface area contributed by atoms with Crippen LogP contribution in [-0.4, -0.2) is 36.0 Å². The van der Waals surface area contributed by atoms with Crippen LogP contribution in [0.2, 0.25) is 0 Å². The molecule has 28 heavy (non-hydrogen) atoms. The molecule has 0 radical (unpaired) electrons. The highest BCUT2D eigenvalue weighted by Gasteiger charge is 2.34. The Labute approximate surface area is 164 Å². The fraction of sp³-hybridized carbons (Fsp3) is 0.300. The molecular weight excluding hydrogens is 379 g/mol. The molecule has 0 fully saturated rings. The molecule has 1 heterocycles. The van der Waals surface area contributed by atoms with Crippen LogP contribution in [0.1, 0.15) is 40.5 Å². The number of nitrogens with two attached hydrogens (primary N) is 1. The molecule has 0 bridgehead atoms. The lowest BCUT2D eigenvalue weighted by Crippen LogP contribution is -2.30. The molecule has 3 rings (SSSR count). The monoisotopic (exact) mass is 402 g/mol. The highest BCUT2D eigenvalue weighted by atomic mass is 31.2. The maximum atomic E-state index is 12.9. The van der Waals surface area contributed by atoms with Gasteiger partial charge < -0.3 is 14.8 Å². The van der Waals surface area contributed by atoms with Crippen LogP contribution in [0, 0.1) is 0 Å². The van der Waals surface area contributed by atoms with Crippen molar-refractivity contribution in [2.24, 2.45) is 0 Å². The molecule has 148 valence electrons. The predicted molar refractivity (Wildman–Crippen MR) is 107 cm³/mol. The third kappa shape index (κ3) is 4.43. The molecular formula is C20H23N2O5P. The number of hydrogen-bond donors (Lipinski definition) is 1. The number of benzene rings is 2. The quantitative estimate of drug-likeness (QED) is 0.295. The standard InChI is InChI=1S/C20H23N2O5P/c1-2-26-28(25,27-16-11-9-15(21)10-12-16)14-6-5-13-22-19(23)17-7-3-4-8-18(17)20(22)24/h3-4,7-12H,2,5-6,13-14,21H2,1H3. The first-order chi connectivity index (χ1) is 13.4. The van der Waals surface area contributed by atoms with Gasteiger partial charge >= 0.3 is 7.60 Å². The Balaban J connectivity index is 1.55. The second-order valence-corrected chi connectivity index (χ2v) is 8.54. The number of unbranched alkanes of at least 4 members (excludes halogenated alkanes) is 1. The molecule has 1 atom stereocenters. The minimum atomic E-state index is -3.34. The second kappa shape index (κ2) is 8.59. The Kier molecular flexibility index (Phi) is 6.17. The van der Waals surface area contributed by atoms with E-state index in [9.17, 15) is 14.2 Å². The van der Waals surface area contributed by atoms with Gasteiger partial charge in [0.2, 0.25) is 0 Å². The lowest BCUT2D eigenvalue weighted by molar-refractivity contribution is 0.0652. The van der Waals surface area contributed by atoms with Crippen LogP contribution in [-0.2, 0) is 9.09 Å². The Morgan fingerprint density at radius 1 is 0.964 bits per heavy atom. The third-order valence-corrected chi connectivity index (χ3v) is 6.40. The summed E-state index contributed by atoms with van der Waals surface area (Å²) in [7, 11) is -3.34. The summed E-state index contributed by atoms with van der Waals surface area (Å²) in [4.78, 5) is 26.0. The molecule has 0 aromatic heterocycles. The van der Waals surface area contributed by atoms with Gasteiger partial charge in [-0.2, -0.15) is 0 Å². The van der Waals surface area contributed by atoms with Gasteiger partial charge in [0.1, 0.15) is 5.75 Å². The van der Waals surface area contributed by atoms with Crippen molar-refractivity contribution < 1.29 is 23.2 Å². The molecule has 7 nitrogen and oxygen atoms in total.